The van der Waals surface area contributed by atoms with Gasteiger partial charge in [0.25, 0.3) is 0 Å². The molecule has 0 bridgehead atoms. The molecule has 0 heterocycles. The van der Waals surface area contributed by atoms with Crippen molar-refractivity contribution in [2.24, 2.45) is 11.7 Å². The third-order valence-corrected chi connectivity index (χ3v) is 8.26. The number of hydrogen-bond acceptors (Lipinski definition) is 4. The highest BCUT2D eigenvalue weighted by atomic mass is 31.2. The van der Waals surface area contributed by atoms with Crippen LogP contribution in [0.1, 0.15) is 23.1 Å². The smallest absolute Gasteiger partial charge is 0.305 e. The lowest BCUT2D eigenvalue weighted by Crippen LogP contribution is -2.43. The van der Waals surface area contributed by atoms with Gasteiger partial charge in [-0.15, -0.1) is 0 Å². The Morgan fingerprint density at radius 2 is 1.22 bits per heavy atom. The molecule has 3 aromatic carbocycles. The zero-order chi connectivity index (χ0) is 26.0. The fourth-order valence-corrected chi connectivity index (χ4v) is 5.88. The van der Waals surface area contributed by atoms with Gasteiger partial charge in [0, 0.05) is 12.2 Å². The number of nitrogens with two attached hydrogens (primary N) is 1. The molecule has 8 heteroatoms. The average Bonchev–Trinajstić information content (AvgIpc) is 2.85. The van der Waals surface area contributed by atoms with Crippen LogP contribution < -0.4 is 11.1 Å². The minimum Gasteiger partial charge on any atom is -0.481 e. The van der Waals surface area contributed by atoms with Crippen molar-refractivity contribution in [3.8, 4) is 0 Å². The van der Waals surface area contributed by atoms with E-state index in [-0.39, 0.29) is 25.4 Å². The van der Waals surface area contributed by atoms with E-state index in [1.54, 1.807) is 0 Å². The lowest BCUT2D eigenvalue weighted by Gasteiger charge is -2.26. The van der Waals surface area contributed by atoms with Gasteiger partial charge in [0.2, 0.25) is 13.3 Å². The van der Waals surface area contributed by atoms with Crippen LogP contribution in [0.4, 0.5) is 0 Å². The third kappa shape index (κ3) is 8.76. The molecule has 190 valence electrons. The Balaban J connectivity index is 1.78. The number of carbonyl (C=O) groups excluding carboxylic acids is 1. The number of carbonyl (C=O) groups is 2. The quantitative estimate of drug-likeness (QED) is 0.260. The number of hydrogen-bond donors (Lipinski definition) is 4. The molecule has 0 fully saturated rings. The van der Waals surface area contributed by atoms with Crippen LogP contribution in [-0.4, -0.2) is 39.9 Å². The van der Waals surface area contributed by atoms with Gasteiger partial charge < -0.3 is 21.1 Å². The highest BCUT2D eigenvalue weighted by molar-refractivity contribution is 7.58. The molecule has 0 aliphatic heterocycles. The van der Waals surface area contributed by atoms with Gasteiger partial charge in [-0.1, -0.05) is 91.0 Å². The third-order valence-electron chi connectivity index (χ3n) is 6.08. The molecule has 5 N–H and O–H groups in total. The molecule has 0 aromatic heterocycles. The van der Waals surface area contributed by atoms with E-state index in [4.69, 9.17) is 5.73 Å². The molecule has 3 unspecified atom stereocenters. The van der Waals surface area contributed by atoms with E-state index in [0.29, 0.717) is 6.42 Å². The Kier molecular flexibility index (Phi) is 10.00. The molecule has 36 heavy (non-hydrogen) atoms. The zero-order valence-electron chi connectivity index (χ0n) is 20.1. The predicted octanol–water partition coefficient (Wildman–Crippen LogP) is 3.85. The maximum atomic E-state index is 13.4. The van der Waals surface area contributed by atoms with Crippen LogP contribution in [0.5, 0.6) is 0 Å². The van der Waals surface area contributed by atoms with Crippen molar-refractivity contribution in [2.45, 2.75) is 37.5 Å². The van der Waals surface area contributed by atoms with E-state index < -0.39 is 37.0 Å². The normalized spacial score (nSPS) is 15.3. The van der Waals surface area contributed by atoms with Gasteiger partial charge in [-0.3, -0.25) is 14.2 Å². The lowest BCUT2D eigenvalue weighted by atomic mass is 9.98. The van der Waals surface area contributed by atoms with Gasteiger partial charge in [-0.05, 0) is 36.0 Å². The van der Waals surface area contributed by atoms with Crippen LogP contribution in [0.25, 0.3) is 0 Å². The summed E-state index contributed by atoms with van der Waals surface area (Å²) in [6.45, 7) is 0. The highest BCUT2D eigenvalue weighted by Crippen LogP contribution is 2.47. The SMILES string of the molecule is NC(Cc1ccccc1)P(=O)(O)CC(Cc1ccccc1)C(=O)N[C@H](CC(=O)O)Cc1ccccc1. The van der Waals surface area contributed by atoms with Crippen LogP contribution in [0.15, 0.2) is 91.0 Å². The predicted molar refractivity (Wildman–Crippen MR) is 141 cm³/mol. The minimum atomic E-state index is -3.93. The van der Waals surface area contributed by atoms with Crippen molar-refractivity contribution in [2.75, 3.05) is 6.16 Å². The van der Waals surface area contributed by atoms with Crippen LogP contribution in [0.3, 0.4) is 0 Å². The number of rotatable bonds is 13. The first-order valence-corrected chi connectivity index (χ1v) is 13.9. The van der Waals surface area contributed by atoms with E-state index in [9.17, 15) is 24.2 Å². The van der Waals surface area contributed by atoms with Crippen molar-refractivity contribution < 1.29 is 24.2 Å². The Bertz CT molecular complexity index is 1160. The summed E-state index contributed by atoms with van der Waals surface area (Å²) in [7, 11) is -3.93. The van der Waals surface area contributed by atoms with Crippen molar-refractivity contribution in [3.63, 3.8) is 0 Å². The maximum absolute atomic E-state index is 13.4. The molecule has 4 atom stereocenters. The highest BCUT2D eigenvalue weighted by Gasteiger charge is 2.35. The summed E-state index contributed by atoms with van der Waals surface area (Å²) in [4.78, 5) is 35.8. The summed E-state index contributed by atoms with van der Waals surface area (Å²) >= 11 is 0. The fraction of sp³-hybridized carbons (Fsp3) is 0.286. The van der Waals surface area contributed by atoms with Crippen molar-refractivity contribution in [3.05, 3.63) is 108 Å². The number of benzene rings is 3. The first kappa shape index (κ1) is 27.3. The van der Waals surface area contributed by atoms with Gasteiger partial charge in [0.05, 0.1) is 18.1 Å². The summed E-state index contributed by atoms with van der Waals surface area (Å²) in [6.07, 6.45) is 0.224. The van der Waals surface area contributed by atoms with E-state index >= 15 is 0 Å². The molecule has 0 spiro atoms. The van der Waals surface area contributed by atoms with E-state index in [2.05, 4.69) is 5.32 Å². The number of aliphatic carboxylic acids is 1. The summed E-state index contributed by atoms with van der Waals surface area (Å²) in [5.41, 5.74) is 8.74. The molecular weight excluding hydrogens is 475 g/mol. The zero-order valence-corrected chi connectivity index (χ0v) is 21.0. The van der Waals surface area contributed by atoms with Crippen molar-refractivity contribution >= 4 is 19.2 Å². The number of carboxylic acid groups (broad SMARTS) is 1. The summed E-state index contributed by atoms with van der Waals surface area (Å²) in [6, 6.07) is 27.1. The number of amides is 1. The molecule has 0 aliphatic rings. The summed E-state index contributed by atoms with van der Waals surface area (Å²) in [5, 5.41) is 12.2. The molecule has 1 amide bonds. The molecule has 3 aromatic rings. The van der Waals surface area contributed by atoms with E-state index in [1.165, 1.54) is 0 Å². The fourth-order valence-electron chi connectivity index (χ4n) is 4.19. The molecule has 0 saturated heterocycles. The average molecular weight is 509 g/mol. The lowest BCUT2D eigenvalue weighted by molar-refractivity contribution is -0.137. The second kappa shape index (κ2) is 13.2. The van der Waals surface area contributed by atoms with Crippen molar-refractivity contribution in [1.29, 1.82) is 0 Å². The van der Waals surface area contributed by atoms with Gasteiger partial charge in [-0.25, -0.2) is 0 Å². The molecule has 0 aliphatic carbocycles. The Hall–Kier alpha value is -3.25. The Labute approximate surface area is 211 Å². The summed E-state index contributed by atoms with van der Waals surface area (Å²) in [5.74, 6) is -3.36. The molecule has 7 nitrogen and oxygen atoms in total. The first-order chi connectivity index (χ1) is 17.2. The minimum absolute atomic E-state index is 0.212. The number of carboxylic acids is 1. The molecule has 0 radical (unpaired) electrons. The summed E-state index contributed by atoms with van der Waals surface area (Å²) < 4.78 is 13.3. The van der Waals surface area contributed by atoms with E-state index in [0.717, 1.165) is 16.7 Å². The largest absolute Gasteiger partial charge is 0.481 e. The van der Waals surface area contributed by atoms with Crippen LogP contribution in [-0.2, 0) is 33.4 Å². The monoisotopic (exact) mass is 508 g/mol. The van der Waals surface area contributed by atoms with Crippen LogP contribution in [0.2, 0.25) is 0 Å². The van der Waals surface area contributed by atoms with Gasteiger partial charge in [-0.2, -0.15) is 0 Å². The molecular formula is C28H33N2O5P. The van der Waals surface area contributed by atoms with Crippen molar-refractivity contribution in [1.82, 2.24) is 5.32 Å². The maximum Gasteiger partial charge on any atom is 0.305 e. The second-order valence-corrected chi connectivity index (χ2v) is 11.6. The molecule has 3 rings (SSSR count). The Morgan fingerprint density at radius 1 is 0.778 bits per heavy atom. The van der Waals surface area contributed by atoms with E-state index in [1.807, 2.05) is 91.0 Å². The Morgan fingerprint density at radius 3 is 1.69 bits per heavy atom. The standard InChI is InChI=1S/C28H33N2O5P/c29-26(18-23-14-8-3-9-15-23)36(34,35)20-24(16-21-10-4-1-5-11-21)28(33)30-25(19-27(31)32)17-22-12-6-2-7-13-22/h1-15,24-26H,16-20,29H2,(H,30,33)(H,31,32)(H,34,35)/t24?,25-,26?/m0/s1. The first-order valence-electron chi connectivity index (χ1n) is 11.9. The topological polar surface area (TPSA) is 130 Å². The van der Waals surface area contributed by atoms with Gasteiger partial charge >= 0.3 is 5.97 Å². The van der Waals surface area contributed by atoms with Gasteiger partial charge in [0.1, 0.15) is 0 Å². The van der Waals surface area contributed by atoms with Crippen LogP contribution in [0, 0.1) is 5.92 Å². The van der Waals surface area contributed by atoms with Gasteiger partial charge in [0.15, 0.2) is 0 Å². The van der Waals surface area contributed by atoms with Crippen LogP contribution >= 0.6 is 7.37 Å². The number of nitrogens with one attached hydrogen (secondary N) is 1. The second-order valence-electron chi connectivity index (χ2n) is 9.08. The molecule has 0 saturated carbocycles.